The summed E-state index contributed by atoms with van der Waals surface area (Å²) in [6.07, 6.45) is 0.710. The highest BCUT2D eigenvalue weighted by Crippen LogP contribution is 2.35. The van der Waals surface area contributed by atoms with Crippen molar-refractivity contribution in [1.29, 1.82) is 0 Å². The number of hydrogen-bond donors (Lipinski definition) is 1. The van der Waals surface area contributed by atoms with E-state index in [1.807, 2.05) is 50.2 Å². The molecular weight excluding hydrogens is 418 g/mol. The first-order chi connectivity index (χ1) is 15.2. The fraction of sp³-hybridized carbons (Fsp3) is 0.346. The number of anilines is 1. The Labute approximate surface area is 194 Å². The number of aromatic nitrogens is 2. The Hall–Kier alpha value is -2.70. The Morgan fingerprint density at radius 1 is 1.03 bits per heavy atom. The lowest BCUT2D eigenvalue weighted by Gasteiger charge is -2.32. The van der Waals surface area contributed by atoms with Gasteiger partial charge in [-0.1, -0.05) is 59.3 Å². The first-order valence-corrected chi connectivity index (χ1v) is 11.7. The van der Waals surface area contributed by atoms with Crippen molar-refractivity contribution in [2.45, 2.75) is 63.5 Å². The van der Waals surface area contributed by atoms with Crippen LogP contribution in [0.25, 0.3) is 11.4 Å². The highest BCUT2D eigenvalue weighted by molar-refractivity contribution is 8.00. The van der Waals surface area contributed by atoms with Crippen molar-refractivity contribution in [2.24, 2.45) is 0 Å². The monoisotopic (exact) mass is 447 g/mol. The van der Waals surface area contributed by atoms with Crippen molar-refractivity contribution >= 4 is 23.4 Å². The molecule has 1 N–H and O–H groups in total. The van der Waals surface area contributed by atoms with Crippen LogP contribution in [0.2, 0.25) is 0 Å². The summed E-state index contributed by atoms with van der Waals surface area (Å²) in [5.74, 6) is 0.634. The average molecular weight is 448 g/mol. The van der Waals surface area contributed by atoms with Gasteiger partial charge in [-0.15, -0.1) is 0 Å². The molecule has 0 fully saturated rings. The van der Waals surface area contributed by atoms with Crippen LogP contribution >= 0.6 is 11.8 Å². The van der Waals surface area contributed by atoms with Gasteiger partial charge in [-0.05, 0) is 46.8 Å². The molecule has 0 radical (unpaired) electrons. The normalized spacial score (nSPS) is 15.7. The Morgan fingerprint density at radius 3 is 2.31 bits per heavy atom. The van der Waals surface area contributed by atoms with Gasteiger partial charge in [0, 0.05) is 23.2 Å². The number of ether oxygens (including phenoxy) is 1. The predicted molar refractivity (Wildman–Crippen MR) is 130 cm³/mol. The predicted octanol–water partition coefficient (Wildman–Crippen LogP) is 5.73. The largest absolute Gasteiger partial charge is 0.370 e. The number of nitrogens with zero attached hydrogens (tertiary/aromatic N) is 2. The van der Waals surface area contributed by atoms with E-state index in [-0.39, 0.29) is 16.8 Å². The van der Waals surface area contributed by atoms with Crippen molar-refractivity contribution in [3.63, 3.8) is 0 Å². The molecular formula is C26H29N3O2S. The molecule has 1 aromatic heterocycles. The van der Waals surface area contributed by atoms with Crippen molar-refractivity contribution in [1.82, 2.24) is 9.97 Å². The van der Waals surface area contributed by atoms with Crippen molar-refractivity contribution in [3.8, 4) is 11.4 Å². The topological polar surface area (TPSA) is 64.1 Å². The van der Waals surface area contributed by atoms with Gasteiger partial charge < -0.3 is 10.1 Å². The second-order valence-corrected chi connectivity index (χ2v) is 10.3. The number of hydrogen-bond acceptors (Lipinski definition) is 5. The second kappa shape index (κ2) is 9.04. The zero-order valence-corrected chi connectivity index (χ0v) is 20.0. The quantitative estimate of drug-likeness (QED) is 0.400. The van der Waals surface area contributed by atoms with E-state index in [1.165, 1.54) is 17.3 Å². The number of rotatable bonds is 5. The molecule has 4 rings (SSSR count). The summed E-state index contributed by atoms with van der Waals surface area (Å²) >= 11 is 1.46. The highest BCUT2D eigenvalue weighted by atomic mass is 32.2. The highest BCUT2D eigenvalue weighted by Gasteiger charge is 2.31. The summed E-state index contributed by atoms with van der Waals surface area (Å²) in [7, 11) is 0. The molecule has 0 spiro atoms. The summed E-state index contributed by atoms with van der Waals surface area (Å²) in [6.45, 7) is 10.6. The fourth-order valence-electron chi connectivity index (χ4n) is 3.55. The smallest absolute Gasteiger partial charge is 0.237 e. The molecule has 1 amide bonds. The van der Waals surface area contributed by atoms with Crippen LogP contribution in [0.1, 0.15) is 43.2 Å². The SMILES string of the molecule is Cc1ccc(NC(=O)C(C)Sc2nc(-c3ccc(C)cc3)nc3c2COC(C)(C)C3)cc1. The number of carbonyl (C=O) groups excluding carboxylic acids is 1. The minimum absolute atomic E-state index is 0.0554. The van der Waals surface area contributed by atoms with Gasteiger partial charge in [0.1, 0.15) is 5.03 Å². The molecule has 6 heteroatoms. The second-order valence-electron chi connectivity index (χ2n) is 8.98. The molecule has 1 unspecified atom stereocenters. The van der Waals surface area contributed by atoms with Crippen molar-refractivity contribution in [2.75, 3.05) is 5.32 Å². The third-order valence-electron chi connectivity index (χ3n) is 5.54. The van der Waals surface area contributed by atoms with Gasteiger partial charge in [-0.2, -0.15) is 0 Å². The van der Waals surface area contributed by atoms with Gasteiger partial charge in [0.05, 0.1) is 23.2 Å². The third-order valence-corrected chi connectivity index (χ3v) is 6.67. The Kier molecular flexibility index (Phi) is 6.35. The number of thioether (sulfide) groups is 1. The molecule has 3 aromatic rings. The number of amides is 1. The zero-order valence-electron chi connectivity index (χ0n) is 19.2. The summed E-state index contributed by atoms with van der Waals surface area (Å²) in [6, 6.07) is 16.0. The van der Waals surface area contributed by atoms with E-state index >= 15 is 0 Å². The van der Waals surface area contributed by atoms with E-state index in [2.05, 4.69) is 38.2 Å². The van der Waals surface area contributed by atoms with Gasteiger partial charge in [-0.3, -0.25) is 4.79 Å². The van der Waals surface area contributed by atoms with Gasteiger partial charge in [0.2, 0.25) is 5.91 Å². The van der Waals surface area contributed by atoms with E-state index < -0.39 is 0 Å². The number of carbonyl (C=O) groups is 1. The Morgan fingerprint density at radius 2 is 1.66 bits per heavy atom. The minimum atomic E-state index is -0.323. The third kappa shape index (κ3) is 5.19. The maximum atomic E-state index is 12.9. The number of aryl methyl sites for hydroxylation is 2. The first kappa shape index (κ1) is 22.5. The molecule has 1 aliphatic heterocycles. The Balaban J connectivity index is 1.62. The number of benzene rings is 2. The van der Waals surface area contributed by atoms with Gasteiger partial charge in [-0.25, -0.2) is 9.97 Å². The first-order valence-electron chi connectivity index (χ1n) is 10.9. The number of nitrogens with one attached hydrogen (secondary N) is 1. The molecule has 1 aliphatic rings. The summed E-state index contributed by atoms with van der Waals surface area (Å²) in [5, 5.41) is 3.49. The fourth-order valence-corrected chi connectivity index (χ4v) is 4.51. The van der Waals surface area contributed by atoms with Crippen LogP contribution in [0.15, 0.2) is 53.6 Å². The molecule has 0 saturated heterocycles. The summed E-state index contributed by atoms with van der Waals surface area (Å²) in [4.78, 5) is 22.6. The van der Waals surface area contributed by atoms with Crippen LogP contribution in [0, 0.1) is 13.8 Å². The molecule has 2 aromatic carbocycles. The minimum Gasteiger partial charge on any atom is -0.370 e. The van der Waals surface area contributed by atoms with Crippen molar-refractivity contribution in [3.05, 3.63) is 70.9 Å². The van der Waals surface area contributed by atoms with E-state index in [0.717, 1.165) is 33.1 Å². The van der Waals surface area contributed by atoms with Crippen molar-refractivity contribution < 1.29 is 9.53 Å². The number of fused-ring (bicyclic) bond motifs is 1. The molecule has 32 heavy (non-hydrogen) atoms. The van der Waals surface area contributed by atoms with E-state index in [4.69, 9.17) is 14.7 Å². The maximum Gasteiger partial charge on any atom is 0.237 e. The lowest BCUT2D eigenvalue weighted by atomic mass is 9.96. The summed E-state index contributed by atoms with van der Waals surface area (Å²) in [5.41, 5.74) is 5.83. The van der Waals surface area contributed by atoms with Gasteiger partial charge in [0.15, 0.2) is 5.82 Å². The lowest BCUT2D eigenvalue weighted by Crippen LogP contribution is -2.33. The molecule has 1 atom stereocenters. The van der Waals surface area contributed by atoms with E-state index in [9.17, 15) is 4.79 Å². The Bertz CT molecular complexity index is 1130. The van der Waals surface area contributed by atoms with Crippen LogP contribution in [0.4, 0.5) is 5.69 Å². The molecule has 0 bridgehead atoms. The van der Waals surface area contributed by atoms with Gasteiger partial charge >= 0.3 is 0 Å². The van der Waals surface area contributed by atoms with Crippen LogP contribution in [-0.2, 0) is 22.6 Å². The molecule has 2 heterocycles. The maximum absolute atomic E-state index is 12.9. The molecule has 5 nitrogen and oxygen atoms in total. The van der Waals surface area contributed by atoms with Crippen LogP contribution in [-0.4, -0.2) is 26.7 Å². The molecule has 166 valence electrons. The van der Waals surface area contributed by atoms with Gasteiger partial charge in [0.25, 0.3) is 0 Å². The van der Waals surface area contributed by atoms with Crippen LogP contribution in [0.3, 0.4) is 0 Å². The lowest BCUT2D eigenvalue weighted by molar-refractivity contribution is -0.115. The van der Waals surface area contributed by atoms with Crippen LogP contribution in [0.5, 0.6) is 0 Å². The molecule has 0 saturated carbocycles. The van der Waals surface area contributed by atoms with E-state index in [1.54, 1.807) is 0 Å². The molecule has 0 aliphatic carbocycles. The standard InChI is InChI=1S/C26H29N3O2S/c1-16-6-10-19(11-7-16)23-28-22-14-26(4,5)31-15-21(22)25(29-23)32-18(3)24(30)27-20-12-8-17(2)9-13-20/h6-13,18H,14-15H2,1-5H3,(H,27,30). The summed E-state index contributed by atoms with van der Waals surface area (Å²) < 4.78 is 6.05. The van der Waals surface area contributed by atoms with E-state index in [0.29, 0.717) is 18.9 Å². The zero-order chi connectivity index (χ0) is 22.9. The average Bonchev–Trinajstić information content (AvgIpc) is 2.74. The van der Waals surface area contributed by atoms with Crippen LogP contribution < -0.4 is 5.32 Å².